The number of hydrogen-bond acceptors (Lipinski definition) is 6. The lowest BCUT2D eigenvalue weighted by atomic mass is 9.79. The maximum Gasteiger partial charge on any atom is 0.314 e. The second-order valence-corrected chi connectivity index (χ2v) is 26.6. The largest absolute Gasteiger partial charge is 0.437 e. The molecule has 41 heavy (non-hydrogen) atoms. The van der Waals surface area contributed by atoms with Gasteiger partial charge in [-0.1, -0.05) is 37.3 Å². The zero-order valence-electron chi connectivity index (χ0n) is 27.3. The summed E-state index contributed by atoms with van der Waals surface area (Å²) in [6, 6.07) is 17.7. The Balaban J connectivity index is 2.06. The lowest BCUT2D eigenvalue weighted by Gasteiger charge is -2.40. The summed E-state index contributed by atoms with van der Waals surface area (Å²) in [5.41, 5.74) is 3.63. The summed E-state index contributed by atoms with van der Waals surface area (Å²) >= 11 is 0. The average Bonchev–Trinajstić information content (AvgIpc) is 2.89. The number of anilines is 1. The predicted octanol–water partition coefficient (Wildman–Crippen LogP) is 6.98. The zero-order chi connectivity index (χ0) is 30.5. The highest BCUT2D eigenvalue weighted by Gasteiger charge is 2.42. The minimum Gasteiger partial charge on any atom is -0.437 e. The van der Waals surface area contributed by atoms with Crippen molar-refractivity contribution in [2.24, 2.45) is 0 Å². The Morgan fingerprint density at radius 3 is 2.02 bits per heavy atom. The van der Waals surface area contributed by atoms with Crippen molar-refractivity contribution in [1.82, 2.24) is 4.90 Å². The molecule has 1 fully saturated rings. The van der Waals surface area contributed by atoms with Gasteiger partial charge in [0, 0.05) is 24.3 Å². The third kappa shape index (κ3) is 9.44. The number of hydrogen-bond donors (Lipinski definition) is 0. The van der Waals surface area contributed by atoms with E-state index in [1.54, 1.807) is 0 Å². The standard InChI is InChI=1S/C32H54N2O4Si3/c1-11-32(33(2)3,26-27-15-13-12-14-16-27)31(35)30-18-17-29(34-20-22-36-23-21-34)25-28(30)19-24-41(10,37-39(4,5)6)38-40(7,8)9/h12-18,25H,11,19-24,26H2,1-10H3. The highest BCUT2D eigenvalue weighted by Crippen LogP contribution is 2.33. The van der Waals surface area contributed by atoms with Gasteiger partial charge in [0.1, 0.15) is 0 Å². The smallest absolute Gasteiger partial charge is 0.314 e. The van der Waals surface area contributed by atoms with Crippen LogP contribution in [-0.4, -0.2) is 81.8 Å². The lowest BCUT2D eigenvalue weighted by molar-refractivity contribution is 0.0665. The summed E-state index contributed by atoms with van der Waals surface area (Å²) in [7, 11) is -2.07. The van der Waals surface area contributed by atoms with Crippen LogP contribution in [0.2, 0.25) is 51.9 Å². The van der Waals surface area contributed by atoms with Crippen LogP contribution < -0.4 is 4.90 Å². The van der Waals surface area contributed by atoms with Crippen molar-refractivity contribution in [2.45, 2.75) is 83.6 Å². The molecule has 3 rings (SSSR count). The van der Waals surface area contributed by atoms with Crippen LogP contribution in [-0.2, 0) is 25.8 Å². The van der Waals surface area contributed by atoms with Crippen LogP contribution in [0.4, 0.5) is 5.69 Å². The molecule has 0 saturated carbocycles. The monoisotopic (exact) mass is 614 g/mol. The van der Waals surface area contributed by atoms with Crippen molar-refractivity contribution in [3.05, 3.63) is 65.2 Å². The molecule has 6 nitrogen and oxygen atoms in total. The number of aryl methyl sites for hydroxylation is 1. The van der Waals surface area contributed by atoms with Gasteiger partial charge in [-0.3, -0.25) is 9.69 Å². The van der Waals surface area contributed by atoms with Gasteiger partial charge in [-0.05, 0) is 115 Å². The third-order valence-corrected chi connectivity index (χ3v) is 17.3. The number of morpholine rings is 1. The van der Waals surface area contributed by atoms with Crippen LogP contribution in [0.25, 0.3) is 0 Å². The van der Waals surface area contributed by atoms with Gasteiger partial charge in [-0.2, -0.15) is 0 Å². The quantitative estimate of drug-likeness (QED) is 0.169. The summed E-state index contributed by atoms with van der Waals surface area (Å²) in [5, 5.41) is 0. The number of rotatable bonds is 14. The second-order valence-electron chi connectivity index (χ2n) is 13.8. The predicted molar refractivity (Wildman–Crippen MR) is 180 cm³/mol. The second kappa shape index (κ2) is 13.8. The summed E-state index contributed by atoms with van der Waals surface area (Å²) in [5.74, 6) is 0.193. The maximum atomic E-state index is 14.7. The van der Waals surface area contributed by atoms with Gasteiger partial charge >= 0.3 is 8.56 Å². The minimum atomic E-state index is -2.49. The SMILES string of the molecule is CCC(Cc1ccccc1)(C(=O)c1ccc(N2CCOCC2)cc1CC[Si](C)(O[Si](C)(C)C)O[Si](C)(C)C)N(C)C. The molecule has 0 amide bonds. The molecule has 2 aromatic rings. The Morgan fingerprint density at radius 2 is 1.51 bits per heavy atom. The minimum absolute atomic E-state index is 0.193. The number of ketones is 1. The van der Waals surface area contributed by atoms with E-state index in [1.807, 2.05) is 20.2 Å². The van der Waals surface area contributed by atoms with Gasteiger partial charge in [-0.25, -0.2) is 0 Å². The van der Waals surface area contributed by atoms with Crippen LogP contribution in [0.15, 0.2) is 48.5 Å². The fourth-order valence-corrected chi connectivity index (χ4v) is 18.5. The van der Waals surface area contributed by atoms with Gasteiger partial charge in [0.25, 0.3) is 0 Å². The molecule has 9 heteroatoms. The molecule has 0 spiro atoms. The van der Waals surface area contributed by atoms with Crippen molar-refractivity contribution in [3.8, 4) is 0 Å². The molecular formula is C32H54N2O4Si3. The average molecular weight is 615 g/mol. The van der Waals surface area contributed by atoms with Gasteiger partial charge in [0.15, 0.2) is 22.4 Å². The normalized spacial score (nSPS) is 16.6. The van der Waals surface area contributed by atoms with Gasteiger partial charge in [0.05, 0.1) is 18.8 Å². The van der Waals surface area contributed by atoms with Crippen molar-refractivity contribution in [2.75, 3.05) is 45.3 Å². The molecule has 0 aliphatic carbocycles. The van der Waals surface area contributed by atoms with Crippen LogP contribution in [0.3, 0.4) is 0 Å². The van der Waals surface area contributed by atoms with E-state index >= 15 is 0 Å². The van der Waals surface area contributed by atoms with Crippen molar-refractivity contribution >= 4 is 36.7 Å². The third-order valence-electron chi connectivity index (χ3n) is 7.81. The molecule has 1 unspecified atom stereocenters. The Morgan fingerprint density at radius 1 is 0.927 bits per heavy atom. The van der Waals surface area contributed by atoms with Crippen LogP contribution >= 0.6 is 0 Å². The molecule has 1 atom stereocenters. The maximum absolute atomic E-state index is 14.7. The van der Waals surface area contributed by atoms with E-state index < -0.39 is 30.7 Å². The van der Waals surface area contributed by atoms with E-state index in [1.165, 1.54) is 5.56 Å². The van der Waals surface area contributed by atoms with E-state index in [-0.39, 0.29) is 5.78 Å². The number of carbonyl (C=O) groups excluding carboxylic acids is 1. The molecule has 1 heterocycles. The molecule has 1 aliphatic rings. The van der Waals surface area contributed by atoms with Crippen molar-refractivity contribution < 1.29 is 17.8 Å². The Hall–Kier alpha value is -1.60. The molecule has 1 aliphatic heterocycles. The molecule has 228 valence electrons. The van der Waals surface area contributed by atoms with Crippen LogP contribution in [0, 0.1) is 0 Å². The summed E-state index contributed by atoms with van der Waals surface area (Å²) in [6.07, 6.45) is 2.16. The Bertz CT molecular complexity index is 1130. The number of likely N-dealkylation sites (N-methyl/N-ethyl adjacent to an activating group) is 1. The van der Waals surface area contributed by atoms with E-state index in [4.69, 9.17) is 13.0 Å². The van der Waals surface area contributed by atoms with E-state index in [0.717, 1.165) is 62.0 Å². The first-order valence-electron chi connectivity index (χ1n) is 15.2. The molecule has 0 N–H and O–H groups in total. The fraction of sp³-hybridized carbons (Fsp3) is 0.594. The summed E-state index contributed by atoms with van der Waals surface area (Å²) in [6.45, 7) is 21.0. The number of benzene rings is 2. The topological polar surface area (TPSA) is 51.2 Å². The number of ether oxygens (including phenoxy) is 1. The van der Waals surface area contributed by atoms with E-state index in [2.05, 4.69) is 105 Å². The van der Waals surface area contributed by atoms with Crippen molar-refractivity contribution in [3.63, 3.8) is 0 Å². The summed E-state index contributed by atoms with van der Waals surface area (Å²) in [4.78, 5) is 19.2. The lowest BCUT2D eigenvalue weighted by Crippen LogP contribution is -2.53. The first kappa shape index (κ1) is 33.9. The molecule has 2 aromatic carbocycles. The molecule has 0 bridgehead atoms. The van der Waals surface area contributed by atoms with E-state index in [0.29, 0.717) is 6.42 Å². The van der Waals surface area contributed by atoms with Gasteiger partial charge in [-0.15, -0.1) is 0 Å². The Labute approximate surface area is 252 Å². The number of nitrogens with zero attached hydrogens (tertiary/aromatic N) is 2. The zero-order valence-corrected chi connectivity index (χ0v) is 30.3. The highest BCUT2D eigenvalue weighted by atomic mass is 28.5. The first-order chi connectivity index (χ1) is 19.1. The fourth-order valence-electron chi connectivity index (χ4n) is 6.03. The highest BCUT2D eigenvalue weighted by molar-refractivity contribution is 6.87. The van der Waals surface area contributed by atoms with Gasteiger partial charge in [0.2, 0.25) is 0 Å². The Kier molecular flexibility index (Phi) is 11.4. The summed E-state index contributed by atoms with van der Waals surface area (Å²) < 4.78 is 19.3. The van der Waals surface area contributed by atoms with Crippen LogP contribution in [0.1, 0.15) is 34.8 Å². The molecule has 0 aromatic heterocycles. The molecule has 0 radical (unpaired) electrons. The first-order valence-corrected chi connectivity index (χ1v) is 24.5. The van der Waals surface area contributed by atoms with E-state index in [9.17, 15) is 4.79 Å². The van der Waals surface area contributed by atoms with Gasteiger partial charge < -0.3 is 17.9 Å². The molecular weight excluding hydrogens is 561 g/mol. The number of carbonyl (C=O) groups is 1. The molecule has 1 saturated heterocycles. The van der Waals surface area contributed by atoms with Crippen molar-refractivity contribution in [1.29, 1.82) is 0 Å². The van der Waals surface area contributed by atoms with Crippen LogP contribution in [0.5, 0.6) is 0 Å². The number of Topliss-reactive ketones (excluding diaryl/α,β-unsaturated/α-hetero) is 1.